The molecule has 1 aliphatic rings. The zero-order valence-corrected chi connectivity index (χ0v) is 15.1. The van der Waals surface area contributed by atoms with Crippen LogP contribution in [-0.2, 0) is 10.1 Å². The van der Waals surface area contributed by atoms with Gasteiger partial charge < -0.3 is 4.18 Å². The number of rotatable bonds is 3. The molecule has 2 aromatic carbocycles. The van der Waals surface area contributed by atoms with E-state index in [9.17, 15) is 18.5 Å². The number of aryl methyl sites for hydroxylation is 1. The number of fused-ring (bicyclic) bond motifs is 1. The average Bonchev–Trinajstić information content (AvgIpc) is 2.97. The van der Waals surface area contributed by atoms with Gasteiger partial charge in [0.25, 0.3) is 5.69 Å². The third kappa shape index (κ3) is 3.06. The Morgan fingerprint density at radius 1 is 1.19 bits per heavy atom. The maximum atomic E-state index is 12.4. The summed E-state index contributed by atoms with van der Waals surface area (Å²) < 4.78 is 31.6. The molecule has 0 radical (unpaired) electrons. The van der Waals surface area contributed by atoms with E-state index in [4.69, 9.17) is 4.18 Å². The Morgan fingerprint density at radius 2 is 1.93 bits per heavy atom. The maximum Gasteiger partial charge on any atom is 0.311 e. The summed E-state index contributed by atoms with van der Waals surface area (Å²) in [6, 6.07) is 15.1. The fraction of sp³-hybridized carbons (Fsp3) is 0.167. The van der Waals surface area contributed by atoms with E-state index < -0.39 is 21.0 Å². The Balaban J connectivity index is 1.92. The highest BCUT2D eigenvalue weighted by Crippen LogP contribution is 2.41. The molecule has 27 heavy (non-hydrogen) atoms. The van der Waals surface area contributed by atoms with Crippen LogP contribution in [-0.4, -0.2) is 28.9 Å². The molecule has 0 saturated heterocycles. The van der Waals surface area contributed by atoms with Gasteiger partial charge in [0.15, 0.2) is 0 Å². The van der Waals surface area contributed by atoms with E-state index >= 15 is 0 Å². The van der Waals surface area contributed by atoms with Gasteiger partial charge in [0.2, 0.25) is 5.88 Å². The Hall–Kier alpha value is -3.20. The van der Waals surface area contributed by atoms with Crippen molar-refractivity contribution >= 4 is 15.8 Å². The van der Waals surface area contributed by atoms with E-state index in [0.29, 0.717) is 22.5 Å². The number of hydrogen-bond donors (Lipinski definition) is 0. The molecule has 0 aliphatic carbocycles. The van der Waals surface area contributed by atoms with Crippen molar-refractivity contribution in [3.05, 3.63) is 81.5 Å². The molecule has 9 heteroatoms. The van der Waals surface area contributed by atoms with Crippen LogP contribution in [0.5, 0.6) is 5.88 Å². The van der Waals surface area contributed by atoms with E-state index in [0.717, 1.165) is 0 Å². The number of nitro benzene ring substituents is 1. The summed E-state index contributed by atoms with van der Waals surface area (Å²) in [6.07, 6.45) is 0. The normalized spacial score (nSPS) is 17.7. The number of nitro groups is 1. The standard InChI is InChI=1S/C18H15N3O5S/c1-12-17-16(13-6-5-9-15(10-13)21(22)23)11-27(24,25)26-18(17)20(19-12)14-7-3-2-4-8-14/h2-10,16H,11H2,1H3. The van der Waals surface area contributed by atoms with Crippen molar-refractivity contribution in [3.8, 4) is 11.6 Å². The number of benzene rings is 2. The van der Waals surface area contributed by atoms with Gasteiger partial charge in [0.05, 0.1) is 22.1 Å². The summed E-state index contributed by atoms with van der Waals surface area (Å²) in [5, 5.41) is 15.6. The van der Waals surface area contributed by atoms with Crippen LogP contribution in [0.2, 0.25) is 0 Å². The summed E-state index contributed by atoms with van der Waals surface area (Å²) >= 11 is 0. The number of para-hydroxylation sites is 1. The number of hydrogen-bond acceptors (Lipinski definition) is 6. The highest BCUT2D eigenvalue weighted by atomic mass is 32.2. The Morgan fingerprint density at radius 3 is 2.63 bits per heavy atom. The second kappa shape index (κ2) is 6.20. The summed E-state index contributed by atoms with van der Waals surface area (Å²) in [6.45, 7) is 1.77. The second-order valence-corrected chi connectivity index (χ2v) is 7.88. The molecular formula is C18H15N3O5S. The van der Waals surface area contributed by atoms with Gasteiger partial charge in [0, 0.05) is 23.6 Å². The molecule has 0 amide bonds. The van der Waals surface area contributed by atoms with Crippen LogP contribution >= 0.6 is 0 Å². The first-order chi connectivity index (χ1) is 12.9. The zero-order valence-electron chi connectivity index (χ0n) is 14.3. The Kier molecular flexibility index (Phi) is 3.96. The topological polar surface area (TPSA) is 104 Å². The fourth-order valence-electron chi connectivity index (χ4n) is 3.30. The molecule has 1 atom stereocenters. The largest absolute Gasteiger partial charge is 0.361 e. The first-order valence-electron chi connectivity index (χ1n) is 8.17. The first-order valence-corrected chi connectivity index (χ1v) is 9.75. The fourth-order valence-corrected chi connectivity index (χ4v) is 4.54. The van der Waals surface area contributed by atoms with Gasteiger partial charge in [-0.3, -0.25) is 10.1 Å². The SMILES string of the molecule is Cc1nn(-c2ccccc2)c2c1C(c1cccc([N+](=O)[O-])c1)CS(=O)(=O)O2. The third-order valence-electron chi connectivity index (χ3n) is 4.47. The minimum atomic E-state index is -3.87. The summed E-state index contributed by atoms with van der Waals surface area (Å²) in [5.74, 6) is -0.778. The quantitative estimate of drug-likeness (QED) is 0.390. The van der Waals surface area contributed by atoms with E-state index in [2.05, 4.69) is 5.10 Å². The van der Waals surface area contributed by atoms with Crippen molar-refractivity contribution in [2.75, 3.05) is 5.75 Å². The van der Waals surface area contributed by atoms with E-state index in [-0.39, 0.29) is 17.3 Å². The van der Waals surface area contributed by atoms with E-state index in [1.807, 2.05) is 18.2 Å². The van der Waals surface area contributed by atoms with Crippen LogP contribution in [0.25, 0.3) is 5.69 Å². The van der Waals surface area contributed by atoms with Gasteiger partial charge >= 0.3 is 10.1 Å². The molecule has 3 aromatic rings. The molecule has 1 aliphatic heterocycles. The molecule has 0 N–H and O–H groups in total. The minimum absolute atomic E-state index is 0.0916. The highest BCUT2D eigenvalue weighted by Gasteiger charge is 2.38. The molecule has 4 rings (SSSR count). The Labute approximate surface area is 155 Å². The Bertz CT molecular complexity index is 1140. The van der Waals surface area contributed by atoms with Gasteiger partial charge in [-0.1, -0.05) is 30.3 Å². The predicted molar refractivity (Wildman–Crippen MR) is 97.7 cm³/mol. The smallest absolute Gasteiger partial charge is 0.311 e. The van der Waals surface area contributed by atoms with Crippen LogP contribution in [0, 0.1) is 17.0 Å². The lowest BCUT2D eigenvalue weighted by Gasteiger charge is -2.24. The lowest BCUT2D eigenvalue weighted by atomic mass is 9.92. The maximum absolute atomic E-state index is 12.4. The van der Waals surface area contributed by atoms with Gasteiger partial charge in [-0.05, 0) is 24.6 Å². The lowest BCUT2D eigenvalue weighted by molar-refractivity contribution is -0.384. The highest BCUT2D eigenvalue weighted by molar-refractivity contribution is 7.87. The number of nitrogens with zero attached hydrogens (tertiary/aromatic N) is 3. The molecule has 8 nitrogen and oxygen atoms in total. The molecule has 1 unspecified atom stereocenters. The second-order valence-electron chi connectivity index (χ2n) is 6.26. The van der Waals surface area contributed by atoms with Crippen LogP contribution < -0.4 is 4.18 Å². The van der Waals surface area contributed by atoms with Gasteiger partial charge in [-0.2, -0.15) is 18.2 Å². The van der Waals surface area contributed by atoms with Crippen LogP contribution in [0.1, 0.15) is 22.7 Å². The molecule has 2 heterocycles. The van der Waals surface area contributed by atoms with Crippen LogP contribution in [0.4, 0.5) is 5.69 Å². The van der Waals surface area contributed by atoms with Crippen molar-refractivity contribution in [2.24, 2.45) is 0 Å². The summed E-state index contributed by atoms with van der Waals surface area (Å²) in [7, 11) is -3.87. The van der Waals surface area contributed by atoms with Crippen molar-refractivity contribution in [1.82, 2.24) is 9.78 Å². The van der Waals surface area contributed by atoms with Gasteiger partial charge in [-0.15, -0.1) is 0 Å². The van der Waals surface area contributed by atoms with Gasteiger partial charge in [0.1, 0.15) is 0 Å². The van der Waals surface area contributed by atoms with Crippen LogP contribution in [0.3, 0.4) is 0 Å². The molecule has 0 bridgehead atoms. The molecule has 1 aromatic heterocycles. The predicted octanol–water partition coefficient (Wildman–Crippen LogP) is 2.94. The number of non-ortho nitro benzene ring substituents is 1. The summed E-state index contributed by atoms with van der Waals surface area (Å²) in [5.41, 5.74) is 2.34. The van der Waals surface area contributed by atoms with Crippen molar-refractivity contribution < 1.29 is 17.5 Å². The monoisotopic (exact) mass is 385 g/mol. The average molecular weight is 385 g/mol. The van der Waals surface area contributed by atoms with Crippen LogP contribution in [0.15, 0.2) is 54.6 Å². The molecule has 0 spiro atoms. The van der Waals surface area contributed by atoms with E-state index in [1.54, 1.807) is 31.2 Å². The molecule has 138 valence electrons. The molecular weight excluding hydrogens is 370 g/mol. The van der Waals surface area contributed by atoms with Crippen molar-refractivity contribution in [3.63, 3.8) is 0 Å². The molecule has 0 fully saturated rings. The number of aromatic nitrogens is 2. The van der Waals surface area contributed by atoms with Crippen molar-refractivity contribution in [2.45, 2.75) is 12.8 Å². The van der Waals surface area contributed by atoms with Crippen molar-refractivity contribution in [1.29, 1.82) is 0 Å². The third-order valence-corrected chi connectivity index (χ3v) is 5.63. The zero-order chi connectivity index (χ0) is 19.2. The van der Waals surface area contributed by atoms with Gasteiger partial charge in [-0.25, -0.2) is 0 Å². The lowest BCUT2D eigenvalue weighted by Crippen LogP contribution is -2.27. The first kappa shape index (κ1) is 17.2. The molecule has 0 saturated carbocycles. The summed E-state index contributed by atoms with van der Waals surface area (Å²) in [4.78, 5) is 10.6. The van der Waals surface area contributed by atoms with E-state index in [1.165, 1.54) is 16.8 Å². The minimum Gasteiger partial charge on any atom is -0.361 e.